The topological polar surface area (TPSA) is 78.1 Å². The Morgan fingerprint density at radius 2 is 2.20 bits per heavy atom. The molecule has 0 aliphatic carbocycles. The van der Waals surface area contributed by atoms with Crippen molar-refractivity contribution < 1.29 is 9.53 Å². The van der Waals surface area contributed by atoms with Crippen molar-refractivity contribution in [3.8, 4) is 0 Å². The molecule has 1 aliphatic rings. The molecule has 1 aliphatic heterocycles. The lowest BCUT2D eigenvalue weighted by molar-refractivity contribution is 0.0526. The van der Waals surface area contributed by atoms with Gasteiger partial charge in [-0.2, -0.15) is 11.8 Å². The number of nitrogens with two attached hydrogens (primary N) is 1. The summed E-state index contributed by atoms with van der Waals surface area (Å²) in [6.07, 6.45) is 2.56. The van der Waals surface area contributed by atoms with Gasteiger partial charge in [-0.15, -0.1) is 11.8 Å². The third-order valence-corrected chi connectivity index (χ3v) is 6.28. The number of nitrogens with zero attached hydrogens (tertiary/aromatic N) is 2. The van der Waals surface area contributed by atoms with Crippen molar-refractivity contribution in [2.75, 3.05) is 23.8 Å². The van der Waals surface area contributed by atoms with Gasteiger partial charge in [0, 0.05) is 23.0 Å². The summed E-state index contributed by atoms with van der Waals surface area (Å²) in [7, 11) is 0. The maximum atomic E-state index is 11.7. The SMILES string of the molecule is CCOC(=O)c1cnc(C2SCCSC2CC)nc1N. The van der Waals surface area contributed by atoms with E-state index in [2.05, 4.69) is 16.9 Å². The van der Waals surface area contributed by atoms with E-state index in [0.29, 0.717) is 11.9 Å². The summed E-state index contributed by atoms with van der Waals surface area (Å²) >= 11 is 3.82. The normalized spacial score (nSPS) is 22.5. The van der Waals surface area contributed by atoms with Crippen LogP contribution in [0.1, 0.15) is 41.7 Å². The van der Waals surface area contributed by atoms with Crippen LogP contribution in [0, 0.1) is 0 Å². The fourth-order valence-corrected chi connectivity index (χ4v) is 5.05. The predicted octanol–water partition coefficient (Wildman–Crippen LogP) is 2.54. The molecule has 1 saturated heterocycles. The number of rotatable bonds is 4. The number of carbonyl (C=O) groups excluding carboxylic acids is 1. The van der Waals surface area contributed by atoms with E-state index < -0.39 is 5.97 Å². The van der Waals surface area contributed by atoms with Gasteiger partial charge >= 0.3 is 5.97 Å². The van der Waals surface area contributed by atoms with Crippen molar-refractivity contribution in [3.63, 3.8) is 0 Å². The smallest absolute Gasteiger partial charge is 0.343 e. The van der Waals surface area contributed by atoms with Gasteiger partial charge in [-0.3, -0.25) is 0 Å². The Morgan fingerprint density at radius 1 is 1.45 bits per heavy atom. The summed E-state index contributed by atoms with van der Waals surface area (Å²) in [6, 6.07) is 0. The molecule has 2 N–H and O–H groups in total. The quantitative estimate of drug-likeness (QED) is 0.856. The first-order chi connectivity index (χ1) is 9.67. The third kappa shape index (κ3) is 3.38. The molecule has 1 aromatic heterocycles. The zero-order valence-electron chi connectivity index (χ0n) is 11.7. The second kappa shape index (κ2) is 7.17. The molecule has 2 rings (SSSR count). The molecule has 5 nitrogen and oxygen atoms in total. The minimum Gasteiger partial charge on any atom is -0.462 e. The van der Waals surface area contributed by atoms with Crippen LogP contribution in [-0.4, -0.2) is 39.3 Å². The number of thioether (sulfide) groups is 2. The van der Waals surface area contributed by atoms with Crippen LogP contribution in [0.4, 0.5) is 5.82 Å². The Morgan fingerprint density at radius 3 is 2.85 bits per heavy atom. The van der Waals surface area contributed by atoms with Crippen LogP contribution < -0.4 is 5.73 Å². The van der Waals surface area contributed by atoms with Crippen LogP contribution in [0.25, 0.3) is 0 Å². The summed E-state index contributed by atoms with van der Waals surface area (Å²) in [5, 5.41) is 0.749. The second-order valence-corrected chi connectivity index (χ2v) is 6.95. The Bertz CT molecular complexity index is 485. The van der Waals surface area contributed by atoms with E-state index in [4.69, 9.17) is 10.5 Å². The Labute approximate surface area is 127 Å². The van der Waals surface area contributed by atoms with Crippen molar-refractivity contribution >= 4 is 35.3 Å². The third-order valence-electron chi connectivity index (χ3n) is 3.04. The van der Waals surface area contributed by atoms with Crippen molar-refractivity contribution in [1.29, 1.82) is 0 Å². The van der Waals surface area contributed by atoms with E-state index in [1.807, 2.05) is 23.5 Å². The van der Waals surface area contributed by atoms with Crippen molar-refractivity contribution in [2.45, 2.75) is 30.8 Å². The van der Waals surface area contributed by atoms with Crippen molar-refractivity contribution in [2.24, 2.45) is 0 Å². The van der Waals surface area contributed by atoms with Crippen LogP contribution >= 0.6 is 23.5 Å². The second-order valence-electron chi connectivity index (χ2n) is 4.36. The average molecular weight is 313 g/mol. The zero-order chi connectivity index (χ0) is 14.5. The molecule has 0 amide bonds. The molecule has 2 atom stereocenters. The maximum absolute atomic E-state index is 11.7. The first-order valence-electron chi connectivity index (χ1n) is 6.70. The molecule has 0 radical (unpaired) electrons. The number of anilines is 1. The molecule has 110 valence electrons. The molecule has 7 heteroatoms. The summed E-state index contributed by atoms with van der Waals surface area (Å²) in [5.74, 6) is 2.72. The maximum Gasteiger partial charge on any atom is 0.343 e. The van der Waals surface area contributed by atoms with Crippen molar-refractivity contribution in [1.82, 2.24) is 9.97 Å². The van der Waals surface area contributed by atoms with E-state index >= 15 is 0 Å². The zero-order valence-corrected chi connectivity index (χ0v) is 13.3. The van der Waals surface area contributed by atoms with Gasteiger partial charge in [0.2, 0.25) is 0 Å². The minimum atomic E-state index is -0.464. The molecule has 1 aromatic rings. The molecule has 20 heavy (non-hydrogen) atoms. The Kier molecular flexibility index (Phi) is 5.54. The van der Waals surface area contributed by atoms with Gasteiger partial charge in [0.1, 0.15) is 17.2 Å². The highest BCUT2D eigenvalue weighted by Crippen LogP contribution is 2.42. The van der Waals surface area contributed by atoms with Crippen LogP contribution in [-0.2, 0) is 4.74 Å². The van der Waals surface area contributed by atoms with E-state index in [1.54, 1.807) is 6.92 Å². The van der Waals surface area contributed by atoms with E-state index in [1.165, 1.54) is 6.20 Å². The van der Waals surface area contributed by atoms with Gasteiger partial charge < -0.3 is 10.5 Å². The lowest BCUT2D eigenvalue weighted by atomic mass is 10.2. The van der Waals surface area contributed by atoms with Gasteiger partial charge in [0.05, 0.1) is 11.9 Å². The molecule has 0 saturated carbocycles. The highest BCUT2D eigenvalue weighted by molar-refractivity contribution is 8.06. The molecule has 0 aromatic carbocycles. The number of hydrogen-bond donors (Lipinski definition) is 1. The van der Waals surface area contributed by atoms with E-state index in [-0.39, 0.29) is 16.6 Å². The number of esters is 1. The molecular weight excluding hydrogens is 294 g/mol. The highest BCUT2D eigenvalue weighted by Gasteiger charge is 2.29. The van der Waals surface area contributed by atoms with Crippen LogP contribution in [0.5, 0.6) is 0 Å². The predicted molar refractivity (Wildman–Crippen MR) is 84.1 cm³/mol. The summed E-state index contributed by atoms with van der Waals surface area (Å²) in [4.78, 5) is 20.4. The molecule has 2 unspecified atom stereocenters. The average Bonchev–Trinajstić information content (AvgIpc) is 2.47. The number of nitrogen functional groups attached to an aromatic ring is 1. The highest BCUT2D eigenvalue weighted by atomic mass is 32.2. The minimum absolute atomic E-state index is 0.208. The molecule has 1 fully saturated rings. The van der Waals surface area contributed by atoms with Gasteiger partial charge in [-0.25, -0.2) is 14.8 Å². The van der Waals surface area contributed by atoms with Crippen LogP contribution in [0.3, 0.4) is 0 Å². The van der Waals surface area contributed by atoms with E-state index in [9.17, 15) is 4.79 Å². The molecule has 0 spiro atoms. The Hall–Kier alpha value is -0.950. The molecule has 0 bridgehead atoms. The molecule has 2 heterocycles. The lowest BCUT2D eigenvalue weighted by Crippen LogP contribution is -2.21. The number of hydrogen-bond acceptors (Lipinski definition) is 7. The molecular formula is C13H19N3O2S2. The number of ether oxygens (including phenoxy) is 1. The standard InChI is InChI=1S/C13H19N3O2S2/c1-3-9-10(20-6-5-19-9)12-15-7-8(11(14)16-12)13(17)18-4-2/h7,9-10H,3-6H2,1-2H3,(H2,14,15,16). The fourth-order valence-electron chi connectivity index (χ4n) is 2.05. The van der Waals surface area contributed by atoms with E-state index in [0.717, 1.165) is 23.8 Å². The van der Waals surface area contributed by atoms with Gasteiger partial charge in [-0.05, 0) is 13.3 Å². The van der Waals surface area contributed by atoms with Gasteiger partial charge in [-0.1, -0.05) is 6.92 Å². The summed E-state index contributed by atoms with van der Waals surface area (Å²) < 4.78 is 4.93. The first kappa shape index (κ1) is 15.4. The summed E-state index contributed by atoms with van der Waals surface area (Å²) in [6.45, 7) is 4.24. The van der Waals surface area contributed by atoms with Gasteiger partial charge in [0.15, 0.2) is 0 Å². The van der Waals surface area contributed by atoms with Crippen LogP contribution in [0.2, 0.25) is 0 Å². The lowest BCUT2D eigenvalue weighted by Gasteiger charge is -2.28. The largest absolute Gasteiger partial charge is 0.462 e. The monoisotopic (exact) mass is 313 g/mol. The first-order valence-corrected chi connectivity index (χ1v) is 8.79. The Balaban J connectivity index is 2.21. The fraction of sp³-hybridized carbons (Fsp3) is 0.615. The van der Waals surface area contributed by atoms with Crippen LogP contribution in [0.15, 0.2) is 6.20 Å². The van der Waals surface area contributed by atoms with Crippen molar-refractivity contribution in [3.05, 3.63) is 17.6 Å². The number of carbonyl (C=O) groups is 1. The number of aromatic nitrogens is 2. The summed E-state index contributed by atoms with van der Waals surface area (Å²) in [5.41, 5.74) is 6.13. The van der Waals surface area contributed by atoms with Gasteiger partial charge in [0.25, 0.3) is 0 Å².